The van der Waals surface area contributed by atoms with E-state index in [0.29, 0.717) is 11.1 Å². The van der Waals surface area contributed by atoms with Gasteiger partial charge in [-0.05, 0) is 41.5 Å². The summed E-state index contributed by atoms with van der Waals surface area (Å²) >= 11 is 0. The fourth-order valence-electron chi connectivity index (χ4n) is 2.88. The topological polar surface area (TPSA) is 177 Å². The molecule has 0 amide bonds. The first-order valence-corrected chi connectivity index (χ1v) is 9.25. The quantitative estimate of drug-likeness (QED) is 0.197. The largest absolute Gasteiger partial charge is 1.00 e. The smallest absolute Gasteiger partial charge is 0.508 e. The molecule has 10 nitrogen and oxygen atoms in total. The van der Waals surface area contributed by atoms with Crippen LogP contribution in [0.2, 0.25) is 0 Å². The SMILES string of the molecule is O=C(O)c1cccc(/C=C/c2ccc(N=Nc3c(O)cc(O)cc3C(=O)O)cc2C(=O)O)c1.[Na+]. The van der Waals surface area contributed by atoms with Gasteiger partial charge in [-0.15, -0.1) is 5.11 Å². The number of aromatic carboxylic acids is 3. The van der Waals surface area contributed by atoms with E-state index in [9.17, 15) is 34.8 Å². The number of carbonyl (C=O) groups is 3. The summed E-state index contributed by atoms with van der Waals surface area (Å²) in [6.45, 7) is 0. The van der Waals surface area contributed by atoms with Crippen LogP contribution in [0, 0.1) is 0 Å². The molecule has 0 aliphatic rings. The summed E-state index contributed by atoms with van der Waals surface area (Å²) in [5.74, 6) is -4.88. The molecule has 34 heavy (non-hydrogen) atoms. The second kappa shape index (κ2) is 11.2. The van der Waals surface area contributed by atoms with Crippen molar-refractivity contribution in [3.8, 4) is 11.5 Å². The first-order valence-electron chi connectivity index (χ1n) is 9.25. The van der Waals surface area contributed by atoms with Crippen LogP contribution in [0.15, 0.2) is 64.8 Å². The van der Waals surface area contributed by atoms with Crippen LogP contribution in [0.1, 0.15) is 42.2 Å². The number of nitrogens with zero attached hydrogens (tertiary/aromatic N) is 2. The Bertz CT molecular complexity index is 1330. The maximum atomic E-state index is 11.7. The Hall–Kier alpha value is -3.99. The van der Waals surface area contributed by atoms with E-state index in [0.717, 1.165) is 12.1 Å². The minimum atomic E-state index is -1.45. The zero-order valence-corrected chi connectivity index (χ0v) is 19.7. The van der Waals surface area contributed by atoms with Gasteiger partial charge in [0.25, 0.3) is 0 Å². The Morgan fingerprint density at radius 2 is 1.44 bits per heavy atom. The van der Waals surface area contributed by atoms with Gasteiger partial charge in [0.2, 0.25) is 0 Å². The Morgan fingerprint density at radius 1 is 0.735 bits per heavy atom. The van der Waals surface area contributed by atoms with Crippen LogP contribution in [-0.4, -0.2) is 43.4 Å². The molecule has 11 heteroatoms. The van der Waals surface area contributed by atoms with Crippen molar-refractivity contribution in [2.45, 2.75) is 0 Å². The molecule has 0 aliphatic carbocycles. The van der Waals surface area contributed by atoms with Gasteiger partial charge in [0.15, 0.2) is 0 Å². The first kappa shape index (κ1) is 26.3. The van der Waals surface area contributed by atoms with Crippen molar-refractivity contribution in [2.75, 3.05) is 0 Å². The predicted molar refractivity (Wildman–Crippen MR) is 117 cm³/mol. The molecule has 3 aromatic rings. The summed E-state index contributed by atoms with van der Waals surface area (Å²) in [7, 11) is 0. The van der Waals surface area contributed by atoms with Gasteiger partial charge in [0.05, 0.1) is 22.4 Å². The normalized spacial score (nSPS) is 10.8. The van der Waals surface area contributed by atoms with Crippen LogP contribution in [0.25, 0.3) is 12.2 Å². The number of hydrogen-bond acceptors (Lipinski definition) is 7. The second-order valence-corrected chi connectivity index (χ2v) is 6.71. The predicted octanol–water partition coefficient (Wildman–Crippen LogP) is 1.78. The Kier molecular flexibility index (Phi) is 8.68. The van der Waals surface area contributed by atoms with Gasteiger partial charge >= 0.3 is 47.5 Å². The van der Waals surface area contributed by atoms with Gasteiger partial charge in [-0.3, -0.25) is 0 Å². The number of azo groups is 1. The van der Waals surface area contributed by atoms with Crippen molar-refractivity contribution < 1.29 is 69.5 Å². The molecule has 0 aliphatic heterocycles. The standard InChI is InChI=1S/C23H16N2O8.Na/c26-16-10-18(23(32)33)20(19(27)11-16)25-24-15-7-6-13(17(9-15)22(30)31)5-4-12-2-1-3-14(8-12)21(28)29;/h1-11,26-27H,(H,28,29)(H,30,31)(H,32,33);/q;+1/b5-4+,25-24?;. The molecule has 0 spiro atoms. The number of carboxylic acids is 3. The monoisotopic (exact) mass is 471 g/mol. The van der Waals surface area contributed by atoms with Crippen LogP contribution in [-0.2, 0) is 0 Å². The molecular formula is C23H16N2NaO8+. The van der Waals surface area contributed by atoms with Crippen LogP contribution >= 0.6 is 0 Å². The summed E-state index contributed by atoms with van der Waals surface area (Å²) < 4.78 is 0. The molecule has 0 heterocycles. The Balaban J connectivity index is 0.00000408. The van der Waals surface area contributed by atoms with E-state index in [1.165, 1.54) is 36.4 Å². The maximum absolute atomic E-state index is 11.7. The van der Waals surface area contributed by atoms with Gasteiger partial charge in [-0.2, -0.15) is 5.11 Å². The van der Waals surface area contributed by atoms with Crippen LogP contribution < -0.4 is 29.6 Å². The number of rotatable bonds is 7. The fraction of sp³-hybridized carbons (Fsp3) is 0. The van der Waals surface area contributed by atoms with E-state index >= 15 is 0 Å². The fourth-order valence-corrected chi connectivity index (χ4v) is 2.88. The number of carboxylic acid groups (broad SMARTS) is 3. The molecule has 0 radical (unpaired) electrons. The van der Waals surface area contributed by atoms with Crippen LogP contribution in [0.4, 0.5) is 11.4 Å². The molecule has 0 aromatic heterocycles. The average molecular weight is 471 g/mol. The van der Waals surface area contributed by atoms with E-state index in [1.807, 2.05) is 0 Å². The molecule has 166 valence electrons. The average Bonchev–Trinajstić information content (AvgIpc) is 2.76. The summed E-state index contributed by atoms with van der Waals surface area (Å²) in [6, 6.07) is 12.0. The van der Waals surface area contributed by atoms with Gasteiger partial charge in [-0.25, -0.2) is 14.4 Å². The Labute approximate surface area is 214 Å². The minimum absolute atomic E-state index is 0. The second-order valence-electron chi connectivity index (χ2n) is 6.71. The van der Waals surface area contributed by atoms with Crippen molar-refractivity contribution >= 4 is 41.4 Å². The van der Waals surface area contributed by atoms with Gasteiger partial charge in [-0.1, -0.05) is 30.4 Å². The zero-order chi connectivity index (χ0) is 24.1. The molecule has 0 saturated heterocycles. The van der Waals surface area contributed by atoms with Crippen molar-refractivity contribution in [3.05, 3.63) is 82.4 Å². The third-order valence-electron chi connectivity index (χ3n) is 4.43. The van der Waals surface area contributed by atoms with Crippen molar-refractivity contribution in [2.24, 2.45) is 10.2 Å². The van der Waals surface area contributed by atoms with E-state index in [4.69, 9.17) is 5.11 Å². The Morgan fingerprint density at radius 3 is 2.09 bits per heavy atom. The summed E-state index contributed by atoms with van der Waals surface area (Å²) in [5, 5.41) is 54.7. The zero-order valence-electron chi connectivity index (χ0n) is 17.7. The van der Waals surface area contributed by atoms with Gasteiger partial charge < -0.3 is 25.5 Å². The van der Waals surface area contributed by atoms with E-state index in [-0.39, 0.29) is 46.4 Å². The molecule has 0 atom stereocenters. The van der Waals surface area contributed by atoms with Crippen LogP contribution in [0.3, 0.4) is 0 Å². The molecule has 0 bridgehead atoms. The molecular weight excluding hydrogens is 455 g/mol. The summed E-state index contributed by atoms with van der Waals surface area (Å²) in [6.07, 6.45) is 3.06. The van der Waals surface area contributed by atoms with Gasteiger partial charge in [0, 0.05) is 6.07 Å². The molecule has 5 N–H and O–H groups in total. The molecule has 0 unspecified atom stereocenters. The third-order valence-corrected chi connectivity index (χ3v) is 4.43. The maximum Gasteiger partial charge on any atom is 1.00 e. The molecule has 3 rings (SSSR count). The summed E-state index contributed by atoms with van der Waals surface area (Å²) in [5.41, 5.74) is -0.00602. The van der Waals surface area contributed by atoms with Crippen LogP contribution in [0.5, 0.6) is 11.5 Å². The van der Waals surface area contributed by atoms with E-state index in [2.05, 4.69) is 10.2 Å². The third kappa shape index (κ3) is 6.29. The van der Waals surface area contributed by atoms with Crippen molar-refractivity contribution in [3.63, 3.8) is 0 Å². The van der Waals surface area contributed by atoms with Gasteiger partial charge in [0.1, 0.15) is 17.2 Å². The van der Waals surface area contributed by atoms with E-state index in [1.54, 1.807) is 18.2 Å². The van der Waals surface area contributed by atoms with Crippen molar-refractivity contribution in [1.29, 1.82) is 0 Å². The number of benzene rings is 3. The van der Waals surface area contributed by atoms with Crippen molar-refractivity contribution in [1.82, 2.24) is 0 Å². The number of aromatic hydroxyl groups is 2. The first-order chi connectivity index (χ1) is 15.7. The molecule has 3 aromatic carbocycles. The number of phenols is 2. The molecule has 0 saturated carbocycles. The molecule has 0 fully saturated rings. The minimum Gasteiger partial charge on any atom is -0.508 e. The summed E-state index contributed by atoms with van der Waals surface area (Å²) in [4.78, 5) is 34.1. The number of phenolic OH excluding ortho intramolecular Hbond substituents is 2. The van der Waals surface area contributed by atoms with E-state index < -0.39 is 40.7 Å². The number of hydrogen-bond donors (Lipinski definition) is 5.